The molecule has 0 spiro atoms. The zero-order valence-corrected chi connectivity index (χ0v) is 9.69. The zero-order chi connectivity index (χ0) is 11.4. The summed E-state index contributed by atoms with van der Waals surface area (Å²) in [6, 6.07) is 6.39. The average Bonchev–Trinajstić information content (AvgIpc) is 2.54. The minimum atomic E-state index is 0.490. The van der Waals surface area contributed by atoms with E-state index in [4.69, 9.17) is 5.26 Å². The van der Waals surface area contributed by atoms with E-state index in [1.807, 2.05) is 12.1 Å². The van der Waals surface area contributed by atoms with E-state index in [2.05, 4.69) is 22.9 Å². The number of rotatable bonds is 1. The molecule has 0 N–H and O–H groups in total. The predicted octanol–water partition coefficient (Wildman–Crippen LogP) is 2.72. The van der Waals surface area contributed by atoms with Crippen LogP contribution < -0.4 is 4.90 Å². The van der Waals surface area contributed by atoms with Gasteiger partial charge in [-0.2, -0.15) is 5.26 Å². The third-order valence-corrected chi connectivity index (χ3v) is 3.23. The van der Waals surface area contributed by atoms with Crippen LogP contribution in [0, 0.1) is 11.3 Å². The maximum Gasteiger partial charge on any atom is 0.146 e. The molecule has 1 unspecified atom stereocenters. The van der Waals surface area contributed by atoms with Crippen molar-refractivity contribution in [1.29, 1.82) is 5.26 Å². The minimum Gasteiger partial charge on any atom is -0.353 e. The van der Waals surface area contributed by atoms with E-state index >= 15 is 0 Å². The molecule has 1 aliphatic heterocycles. The van der Waals surface area contributed by atoms with Crippen molar-refractivity contribution in [3.63, 3.8) is 0 Å². The highest BCUT2D eigenvalue weighted by atomic mass is 15.2. The normalized spacial score (nSPS) is 21.2. The van der Waals surface area contributed by atoms with Crippen LogP contribution in [0.15, 0.2) is 18.3 Å². The van der Waals surface area contributed by atoms with E-state index in [0.29, 0.717) is 11.6 Å². The van der Waals surface area contributed by atoms with E-state index in [9.17, 15) is 0 Å². The molecule has 0 amide bonds. The Morgan fingerprint density at radius 2 is 2.31 bits per heavy atom. The maximum atomic E-state index is 9.09. The first-order valence-electron chi connectivity index (χ1n) is 5.94. The molecule has 1 atom stereocenters. The molecule has 2 rings (SSSR count). The summed E-state index contributed by atoms with van der Waals surface area (Å²) in [4.78, 5) is 6.65. The summed E-state index contributed by atoms with van der Waals surface area (Å²) in [5, 5.41) is 9.09. The number of pyridine rings is 1. The van der Waals surface area contributed by atoms with Crippen molar-refractivity contribution >= 4 is 5.82 Å². The number of anilines is 1. The number of hydrogen-bond donors (Lipinski definition) is 0. The quantitative estimate of drug-likeness (QED) is 0.723. The Hall–Kier alpha value is -1.56. The molecular formula is C13H17N3. The van der Waals surface area contributed by atoms with Crippen molar-refractivity contribution < 1.29 is 0 Å². The first kappa shape index (κ1) is 10.9. The number of hydrogen-bond acceptors (Lipinski definition) is 3. The van der Waals surface area contributed by atoms with Crippen molar-refractivity contribution in [3.05, 3.63) is 23.9 Å². The van der Waals surface area contributed by atoms with Crippen LogP contribution in [-0.4, -0.2) is 17.6 Å². The molecule has 84 valence electrons. The van der Waals surface area contributed by atoms with Gasteiger partial charge in [-0.25, -0.2) is 4.98 Å². The number of nitrogens with zero attached hydrogens (tertiary/aromatic N) is 3. The van der Waals surface area contributed by atoms with Gasteiger partial charge in [0.2, 0.25) is 0 Å². The summed E-state index contributed by atoms with van der Waals surface area (Å²) in [6.45, 7) is 3.24. The number of nitriles is 1. The van der Waals surface area contributed by atoms with E-state index in [1.165, 1.54) is 25.7 Å². The summed E-state index contributed by atoms with van der Waals surface area (Å²) in [7, 11) is 0. The third kappa shape index (κ3) is 2.16. The highest BCUT2D eigenvalue weighted by Gasteiger charge is 2.20. The molecule has 0 aliphatic carbocycles. The van der Waals surface area contributed by atoms with Gasteiger partial charge in [0, 0.05) is 18.8 Å². The average molecular weight is 215 g/mol. The molecule has 16 heavy (non-hydrogen) atoms. The van der Waals surface area contributed by atoms with Crippen LogP contribution in [0.1, 0.15) is 38.2 Å². The van der Waals surface area contributed by atoms with Gasteiger partial charge in [0.05, 0.1) is 5.56 Å². The first-order valence-corrected chi connectivity index (χ1v) is 5.94. The van der Waals surface area contributed by atoms with Crippen molar-refractivity contribution in [2.75, 3.05) is 11.4 Å². The van der Waals surface area contributed by atoms with Crippen molar-refractivity contribution in [1.82, 2.24) is 4.98 Å². The molecule has 3 heteroatoms. The molecule has 1 aromatic heterocycles. The fraction of sp³-hybridized carbons (Fsp3) is 0.538. The van der Waals surface area contributed by atoms with E-state index < -0.39 is 0 Å². The lowest BCUT2D eigenvalue weighted by molar-refractivity contribution is 0.611. The van der Waals surface area contributed by atoms with Crippen LogP contribution in [0.5, 0.6) is 0 Å². The van der Waals surface area contributed by atoms with Crippen molar-refractivity contribution in [2.45, 2.75) is 38.6 Å². The van der Waals surface area contributed by atoms with Crippen LogP contribution in [0.2, 0.25) is 0 Å². The highest BCUT2D eigenvalue weighted by Crippen LogP contribution is 2.24. The largest absolute Gasteiger partial charge is 0.353 e. The lowest BCUT2D eigenvalue weighted by Gasteiger charge is -2.28. The topological polar surface area (TPSA) is 39.9 Å². The lowest BCUT2D eigenvalue weighted by Crippen LogP contribution is -2.33. The Balaban J connectivity index is 2.31. The molecule has 1 aromatic rings. The van der Waals surface area contributed by atoms with Crippen LogP contribution in [0.3, 0.4) is 0 Å². The van der Waals surface area contributed by atoms with Gasteiger partial charge in [-0.05, 0) is 31.9 Å². The Kier molecular flexibility index (Phi) is 3.40. The minimum absolute atomic E-state index is 0.490. The van der Waals surface area contributed by atoms with Crippen LogP contribution in [0.25, 0.3) is 0 Å². The standard InChI is InChI=1S/C13H17N3/c1-11-6-3-2-4-9-16(11)13-12(10-14)7-5-8-15-13/h5,7-8,11H,2-4,6,9H2,1H3. The van der Waals surface area contributed by atoms with Gasteiger partial charge >= 0.3 is 0 Å². The van der Waals surface area contributed by atoms with E-state index in [0.717, 1.165) is 12.4 Å². The molecule has 1 aliphatic rings. The lowest BCUT2D eigenvalue weighted by atomic mass is 10.1. The van der Waals surface area contributed by atoms with Gasteiger partial charge in [-0.1, -0.05) is 12.8 Å². The molecule has 0 radical (unpaired) electrons. The summed E-state index contributed by atoms with van der Waals surface area (Å²) in [5.41, 5.74) is 0.691. The van der Waals surface area contributed by atoms with Gasteiger partial charge in [-0.3, -0.25) is 0 Å². The van der Waals surface area contributed by atoms with E-state index in [1.54, 1.807) is 6.20 Å². The second kappa shape index (κ2) is 4.98. The second-order valence-electron chi connectivity index (χ2n) is 4.38. The summed E-state index contributed by atoms with van der Waals surface area (Å²) >= 11 is 0. The Morgan fingerprint density at radius 1 is 1.44 bits per heavy atom. The Morgan fingerprint density at radius 3 is 3.12 bits per heavy atom. The third-order valence-electron chi connectivity index (χ3n) is 3.23. The van der Waals surface area contributed by atoms with E-state index in [-0.39, 0.29) is 0 Å². The summed E-state index contributed by atoms with van der Waals surface area (Å²) in [5.74, 6) is 0.861. The van der Waals surface area contributed by atoms with Crippen LogP contribution in [0.4, 0.5) is 5.82 Å². The smallest absolute Gasteiger partial charge is 0.146 e. The monoisotopic (exact) mass is 215 g/mol. The van der Waals surface area contributed by atoms with Crippen LogP contribution >= 0.6 is 0 Å². The predicted molar refractivity (Wildman–Crippen MR) is 64.2 cm³/mol. The molecular weight excluding hydrogens is 198 g/mol. The molecule has 1 fully saturated rings. The summed E-state index contributed by atoms with van der Waals surface area (Å²) < 4.78 is 0. The first-order chi connectivity index (χ1) is 7.83. The van der Waals surface area contributed by atoms with Crippen LogP contribution in [-0.2, 0) is 0 Å². The maximum absolute atomic E-state index is 9.09. The SMILES string of the molecule is CC1CCCCCN1c1ncccc1C#N. The van der Waals surface area contributed by atoms with Gasteiger partial charge in [0.25, 0.3) is 0 Å². The van der Waals surface area contributed by atoms with Crippen molar-refractivity contribution in [3.8, 4) is 6.07 Å². The Bertz CT molecular complexity index is 394. The van der Waals surface area contributed by atoms with Gasteiger partial charge in [-0.15, -0.1) is 0 Å². The second-order valence-corrected chi connectivity index (χ2v) is 4.38. The molecule has 0 bridgehead atoms. The zero-order valence-electron chi connectivity index (χ0n) is 9.69. The fourth-order valence-electron chi connectivity index (χ4n) is 2.30. The summed E-state index contributed by atoms with van der Waals surface area (Å²) in [6.07, 6.45) is 6.74. The molecule has 0 aromatic carbocycles. The van der Waals surface area contributed by atoms with Gasteiger partial charge in [0.1, 0.15) is 11.9 Å². The molecule has 2 heterocycles. The fourth-order valence-corrected chi connectivity index (χ4v) is 2.30. The van der Waals surface area contributed by atoms with Gasteiger partial charge in [0.15, 0.2) is 0 Å². The molecule has 1 saturated heterocycles. The highest BCUT2D eigenvalue weighted by molar-refractivity contribution is 5.54. The molecule has 0 saturated carbocycles. The number of aromatic nitrogens is 1. The van der Waals surface area contributed by atoms with Gasteiger partial charge < -0.3 is 4.90 Å². The molecule has 3 nitrogen and oxygen atoms in total. The Labute approximate surface area is 96.7 Å². The van der Waals surface area contributed by atoms with Crippen molar-refractivity contribution in [2.24, 2.45) is 0 Å².